The van der Waals surface area contributed by atoms with Crippen LogP contribution in [0.4, 0.5) is 0 Å². The Morgan fingerprint density at radius 3 is 3.00 bits per heavy atom. The van der Waals surface area contributed by atoms with Crippen LogP contribution in [0.15, 0.2) is 16.6 Å². The van der Waals surface area contributed by atoms with Gasteiger partial charge in [0.2, 0.25) is 0 Å². The third-order valence-corrected chi connectivity index (χ3v) is 2.60. The second kappa shape index (κ2) is 2.50. The lowest BCUT2D eigenvalue weighted by Gasteiger charge is -2.01. The number of fused-ring (bicyclic) bond motifs is 1. The molecule has 0 fully saturated rings. The molecule has 1 aromatic rings. The molecule has 0 aliphatic carbocycles. The van der Waals surface area contributed by atoms with Crippen molar-refractivity contribution in [2.24, 2.45) is 0 Å². The lowest BCUT2D eigenvalue weighted by atomic mass is 10.1. The topological polar surface area (TPSA) is 32.3 Å². The normalized spacial score (nSPS) is 15.0. The van der Waals surface area contributed by atoms with Crippen LogP contribution in [-0.4, -0.2) is 5.11 Å². The molecule has 2 nitrogen and oxygen atoms in total. The zero-order chi connectivity index (χ0) is 7.84. The van der Waals surface area contributed by atoms with Crippen molar-refractivity contribution in [3.05, 3.63) is 27.7 Å². The molecule has 1 heterocycles. The lowest BCUT2D eigenvalue weighted by molar-refractivity contribution is 0.474. The van der Waals surface area contributed by atoms with E-state index in [1.807, 2.05) is 0 Å². The van der Waals surface area contributed by atoms with Gasteiger partial charge in [0.25, 0.3) is 0 Å². The highest BCUT2D eigenvalue weighted by atomic mass is 79.9. The lowest BCUT2D eigenvalue weighted by Crippen LogP contribution is -2.00. The van der Waals surface area contributed by atoms with Crippen LogP contribution in [-0.2, 0) is 13.1 Å². The van der Waals surface area contributed by atoms with Crippen molar-refractivity contribution >= 4 is 15.9 Å². The van der Waals surface area contributed by atoms with Gasteiger partial charge in [-0.1, -0.05) is 15.9 Å². The van der Waals surface area contributed by atoms with E-state index >= 15 is 0 Å². The summed E-state index contributed by atoms with van der Waals surface area (Å²) in [5, 5.41) is 12.4. The van der Waals surface area contributed by atoms with E-state index in [1.54, 1.807) is 12.1 Å². The Morgan fingerprint density at radius 1 is 1.36 bits per heavy atom. The minimum Gasteiger partial charge on any atom is -0.508 e. The van der Waals surface area contributed by atoms with Crippen LogP contribution < -0.4 is 5.32 Å². The van der Waals surface area contributed by atoms with E-state index in [9.17, 15) is 5.11 Å². The Labute approximate surface area is 73.4 Å². The van der Waals surface area contributed by atoms with Crippen LogP contribution in [0, 0.1) is 0 Å². The number of rotatable bonds is 0. The number of benzene rings is 1. The predicted octanol–water partition coefficient (Wildman–Crippen LogP) is 1.76. The molecule has 0 saturated heterocycles. The van der Waals surface area contributed by atoms with Gasteiger partial charge >= 0.3 is 0 Å². The molecule has 0 atom stereocenters. The van der Waals surface area contributed by atoms with Crippen LogP contribution in [0.5, 0.6) is 5.75 Å². The van der Waals surface area contributed by atoms with Crippen LogP contribution in [0.2, 0.25) is 0 Å². The number of aromatic hydroxyl groups is 1. The van der Waals surface area contributed by atoms with Gasteiger partial charge in [-0.3, -0.25) is 0 Å². The minimum atomic E-state index is 0.333. The van der Waals surface area contributed by atoms with Gasteiger partial charge in [-0.25, -0.2) is 0 Å². The molecule has 2 rings (SSSR count). The Kier molecular flexibility index (Phi) is 1.62. The molecule has 2 N–H and O–H groups in total. The SMILES string of the molecule is Oc1cc(Br)c2c(c1)CNC2. The standard InChI is InChI=1S/C8H8BrNO/c9-8-2-6(11)1-5-3-10-4-7(5)8/h1-2,10-11H,3-4H2. The van der Waals surface area contributed by atoms with E-state index in [-0.39, 0.29) is 0 Å². The minimum absolute atomic E-state index is 0.333. The van der Waals surface area contributed by atoms with Gasteiger partial charge in [0.15, 0.2) is 0 Å². The van der Waals surface area contributed by atoms with E-state index in [0.717, 1.165) is 17.6 Å². The molecule has 1 aliphatic heterocycles. The molecular weight excluding hydrogens is 206 g/mol. The predicted molar refractivity (Wildman–Crippen MR) is 46.4 cm³/mol. The van der Waals surface area contributed by atoms with Gasteiger partial charge in [-0.05, 0) is 23.3 Å². The summed E-state index contributed by atoms with van der Waals surface area (Å²) in [6.07, 6.45) is 0. The number of phenols is 1. The first-order valence-corrected chi connectivity index (χ1v) is 4.27. The second-order valence-corrected chi connectivity index (χ2v) is 3.52. The first-order chi connectivity index (χ1) is 5.27. The summed E-state index contributed by atoms with van der Waals surface area (Å²) in [5.74, 6) is 0.333. The molecular formula is C8H8BrNO. The maximum absolute atomic E-state index is 9.22. The van der Waals surface area contributed by atoms with Crippen molar-refractivity contribution in [2.45, 2.75) is 13.1 Å². The number of hydrogen-bond donors (Lipinski definition) is 2. The summed E-state index contributed by atoms with van der Waals surface area (Å²) >= 11 is 3.40. The molecule has 0 unspecified atom stereocenters. The van der Waals surface area contributed by atoms with Crippen molar-refractivity contribution in [2.75, 3.05) is 0 Å². The highest BCUT2D eigenvalue weighted by Gasteiger charge is 2.13. The van der Waals surface area contributed by atoms with Crippen LogP contribution in [0.1, 0.15) is 11.1 Å². The summed E-state index contributed by atoms with van der Waals surface area (Å²) in [7, 11) is 0. The molecule has 1 aliphatic rings. The van der Waals surface area contributed by atoms with Gasteiger partial charge in [-0.2, -0.15) is 0 Å². The fourth-order valence-electron chi connectivity index (χ4n) is 1.36. The fourth-order valence-corrected chi connectivity index (χ4v) is 1.98. The van der Waals surface area contributed by atoms with Crippen LogP contribution in [0.25, 0.3) is 0 Å². The van der Waals surface area contributed by atoms with Crippen molar-refractivity contribution in [1.29, 1.82) is 0 Å². The Balaban J connectivity index is 2.60. The number of hydrogen-bond acceptors (Lipinski definition) is 2. The molecule has 0 radical (unpaired) electrons. The highest BCUT2D eigenvalue weighted by Crippen LogP contribution is 2.28. The molecule has 11 heavy (non-hydrogen) atoms. The maximum atomic E-state index is 9.22. The average Bonchev–Trinajstić information content (AvgIpc) is 2.34. The van der Waals surface area contributed by atoms with E-state index in [2.05, 4.69) is 21.2 Å². The van der Waals surface area contributed by atoms with Crippen LogP contribution in [0.3, 0.4) is 0 Å². The number of halogens is 1. The van der Waals surface area contributed by atoms with Gasteiger partial charge in [-0.15, -0.1) is 0 Å². The monoisotopic (exact) mass is 213 g/mol. The summed E-state index contributed by atoms with van der Waals surface area (Å²) in [6.45, 7) is 1.76. The fraction of sp³-hybridized carbons (Fsp3) is 0.250. The van der Waals surface area contributed by atoms with Crippen molar-refractivity contribution in [3.63, 3.8) is 0 Å². The van der Waals surface area contributed by atoms with Gasteiger partial charge < -0.3 is 10.4 Å². The van der Waals surface area contributed by atoms with Crippen molar-refractivity contribution in [3.8, 4) is 5.75 Å². The van der Waals surface area contributed by atoms with Gasteiger partial charge in [0, 0.05) is 17.6 Å². The first-order valence-electron chi connectivity index (χ1n) is 3.48. The third kappa shape index (κ3) is 1.14. The van der Waals surface area contributed by atoms with Crippen LogP contribution >= 0.6 is 15.9 Å². The van der Waals surface area contributed by atoms with Crippen molar-refractivity contribution < 1.29 is 5.11 Å². The molecule has 0 amide bonds. The van der Waals surface area contributed by atoms with E-state index < -0.39 is 0 Å². The van der Waals surface area contributed by atoms with Crippen molar-refractivity contribution in [1.82, 2.24) is 5.32 Å². The van der Waals surface area contributed by atoms with E-state index in [4.69, 9.17) is 0 Å². The molecule has 0 bridgehead atoms. The Hall–Kier alpha value is -0.540. The Bertz CT molecular complexity index is 298. The van der Waals surface area contributed by atoms with E-state index in [0.29, 0.717) is 5.75 Å². The summed E-state index contributed by atoms with van der Waals surface area (Å²) in [5.41, 5.74) is 2.46. The summed E-state index contributed by atoms with van der Waals surface area (Å²) in [4.78, 5) is 0. The van der Waals surface area contributed by atoms with Gasteiger partial charge in [0.05, 0.1) is 0 Å². The second-order valence-electron chi connectivity index (χ2n) is 2.67. The maximum Gasteiger partial charge on any atom is 0.117 e. The summed E-state index contributed by atoms with van der Waals surface area (Å²) in [6, 6.07) is 3.53. The number of phenolic OH excluding ortho intramolecular Hbond substituents is 1. The first kappa shape index (κ1) is 7.13. The summed E-state index contributed by atoms with van der Waals surface area (Å²) < 4.78 is 0.998. The molecule has 0 saturated carbocycles. The zero-order valence-corrected chi connectivity index (χ0v) is 7.48. The average molecular weight is 214 g/mol. The smallest absolute Gasteiger partial charge is 0.117 e. The molecule has 1 aromatic carbocycles. The molecule has 58 valence electrons. The van der Waals surface area contributed by atoms with E-state index in [1.165, 1.54) is 11.1 Å². The molecule has 0 spiro atoms. The zero-order valence-electron chi connectivity index (χ0n) is 5.89. The number of nitrogens with one attached hydrogen (secondary N) is 1. The van der Waals surface area contributed by atoms with Gasteiger partial charge in [0.1, 0.15) is 5.75 Å². The highest BCUT2D eigenvalue weighted by molar-refractivity contribution is 9.10. The largest absolute Gasteiger partial charge is 0.508 e. The Morgan fingerprint density at radius 2 is 2.18 bits per heavy atom. The third-order valence-electron chi connectivity index (χ3n) is 1.89. The molecule has 3 heteroatoms. The molecule has 0 aromatic heterocycles. The quantitative estimate of drug-likeness (QED) is 0.689.